The van der Waals surface area contributed by atoms with Gasteiger partial charge in [0.1, 0.15) is 5.92 Å². The molecule has 0 amide bonds. The van der Waals surface area contributed by atoms with Crippen LogP contribution in [0.15, 0.2) is 5.10 Å². The quantitative estimate of drug-likeness (QED) is 0.599. The van der Waals surface area contributed by atoms with Crippen LogP contribution in [0, 0.1) is 5.92 Å². The number of nitrogens with zero attached hydrogens (tertiary/aromatic N) is 1. The molecule has 2 unspecified atom stereocenters. The third-order valence-electron chi connectivity index (χ3n) is 1.54. The standard InChI is InChI=1S/C5H4F6N2/c6-4(7,8)2-1-12-13-3(2)5(9,10)11/h1-3,13H. The minimum Gasteiger partial charge on any atom is -0.297 e. The minimum absolute atomic E-state index is 0.220. The van der Waals surface area contributed by atoms with Crippen molar-refractivity contribution in [2.45, 2.75) is 18.4 Å². The number of hydrogen-bond acceptors (Lipinski definition) is 2. The largest absolute Gasteiger partial charge is 0.411 e. The van der Waals surface area contributed by atoms with Crippen molar-refractivity contribution in [2.75, 3.05) is 0 Å². The summed E-state index contributed by atoms with van der Waals surface area (Å²) in [5.41, 5.74) is 1.38. The molecule has 0 aromatic rings. The van der Waals surface area contributed by atoms with Gasteiger partial charge in [0.05, 0.1) is 0 Å². The van der Waals surface area contributed by atoms with Gasteiger partial charge in [0, 0.05) is 6.21 Å². The average molecular weight is 206 g/mol. The Morgan fingerprint density at radius 2 is 1.54 bits per heavy atom. The van der Waals surface area contributed by atoms with E-state index in [-0.39, 0.29) is 6.21 Å². The fourth-order valence-corrected chi connectivity index (χ4v) is 0.920. The number of halogens is 6. The predicted molar refractivity (Wildman–Crippen MR) is 31.0 cm³/mol. The molecule has 0 bridgehead atoms. The summed E-state index contributed by atoms with van der Waals surface area (Å²) in [7, 11) is 0. The lowest BCUT2D eigenvalue weighted by Crippen LogP contribution is -2.47. The molecular formula is C5H4F6N2. The normalized spacial score (nSPS) is 29.1. The highest BCUT2D eigenvalue weighted by atomic mass is 19.4. The first-order chi connectivity index (χ1) is 5.73. The molecule has 2 atom stereocenters. The molecule has 1 rings (SSSR count). The van der Waals surface area contributed by atoms with Crippen LogP contribution in [0.5, 0.6) is 0 Å². The molecule has 0 spiro atoms. The molecule has 0 aromatic carbocycles. The second-order valence-corrected chi connectivity index (χ2v) is 2.49. The summed E-state index contributed by atoms with van der Waals surface area (Å²) in [5, 5.41) is 2.76. The second-order valence-electron chi connectivity index (χ2n) is 2.49. The van der Waals surface area contributed by atoms with E-state index in [1.54, 1.807) is 0 Å². The zero-order valence-corrected chi connectivity index (χ0v) is 5.95. The molecule has 1 N–H and O–H groups in total. The molecule has 13 heavy (non-hydrogen) atoms. The van der Waals surface area contributed by atoms with Crippen LogP contribution in [-0.4, -0.2) is 24.6 Å². The number of nitrogens with one attached hydrogen (secondary N) is 1. The van der Waals surface area contributed by atoms with Crippen LogP contribution >= 0.6 is 0 Å². The van der Waals surface area contributed by atoms with E-state index in [1.807, 2.05) is 0 Å². The monoisotopic (exact) mass is 206 g/mol. The average Bonchev–Trinajstić information content (AvgIpc) is 2.27. The third-order valence-corrected chi connectivity index (χ3v) is 1.54. The highest BCUT2D eigenvalue weighted by Crippen LogP contribution is 2.36. The van der Waals surface area contributed by atoms with Crippen LogP contribution in [0.2, 0.25) is 0 Å². The molecule has 1 heterocycles. The third kappa shape index (κ3) is 2.04. The summed E-state index contributed by atoms with van der Waals surface area (Å²) < 4.78 is 71.4. The maximum absolute atomic E-state index is 11.9. The Labute approximate surface area is 68.6 Å². The number of hydrazone groups is 1. The topological polar surface area (TPSA) is 24.4 Å². The first-order valence-corrected chi connectivity index (χ1v) is 3.15. The van der Waals surface area contributed by atoms with E-state index in [0.29, 0.717) is 0 Å². The molecule has 76 valence electrons. The van der Waals surface area contributed by atoms with Crippen molar-refractivity contribution in [1.29, 1.82) is 0 Å². The maximum Gasteiger partial charge on any atom is 0.411 e. The highest BCUT2D eigenvalue weighted by molar-refractivity contribution is 5.65. The second kappa shape index (κ2) is 2.78. The van der Waals surface area contributed by atoms with E-state index >= 15 is 0 Å². The van der Waals surface area contributed by atoms with Crippen molar-refractivity contribution in [3.05, 3.63) is 0 Å². The van der Waals surface area contributed by atoms with Crippen molar-refractivity contribution >= 4 is 6.21 Å². The Morgan fingerprint density at radius 1 is 1.00 bits per heavy atom. The zero-order chi connectivity index (χ0) is 10.3. The van der Waals surface area contributed by atoms with Crippen LogP contribution in [0.4, 0.5) is 26.3 Å². The van der Waals surface area contributed by atoms with Crippen molar-refractivity contribution in [2.24, 2.45) is 11.0 Å². The van der Waals surface area contributed by atoms with Gasteiger partial charge in [-0.3, -0.25) is 5.43 Å². The van der Waals surface area contributed by atoms with Gasteiger partial charge in [0.2, 0.25) is 0 Å². The minimum atomic E-state index is -4.95. The molecule has 0 saturated heterocycles. The summed E-state index contributed by atoms with van der Waals surface area (Å²) in [6.07, 6.45) is -9.65. The summed E-state index contributed by atoms with van der Waals surface area (Å²) in [5.74, 6) is -2.59. The van der Waals surface area contributed by atoms with Gasteiger partial charge in [-0.1, -0.05) is 0 Å². The first kappa shape index (κ1) is 10.1. The molecule has 0 saturated carbocycles. The summed E-state index contributed by atoms with van der Waals surface area (Å²) >= 11 is 0. The Bertz CT molecular complexity index is 216. The van der Waals surface area contributed by atoms with Crippen LogP contribution in [0.1, 0.15) is 0 Å². The van der Waals surface area contributed by atoms with Gasteiger partial charge in [0.15, 0.2) is 6.04 Å². The van der Waals surface area contributed by atoms with Gasteiger partial charge in [-0.15, -0.1) is 0 Å². The molecule has 2 nitrogen and oxygen atoms in total. The molecular weight excluding hydrogens is 202 g/mol. The van der Waals surface area contributed by atoms with Crippen molar-refractivity contribution in [3.8, 4) is 0 Å². The molecule has 1 aliphatic heterocycles. The number of alkyl halides is 6. The molecule has 0 fully saturated rings. The predicted octanol–water partition coefficient (Wildman–Crippen LogP) is 1.68. The van der Waals surface area contributed by atoms with Crippen molar-refractivity contribution in [3.63, 3.8) is 0 Å². The lowest BCUT2D eigenvalue weighted by molar-refractivity contribution is -0.214. The summed E-state index contributed by atoms with van der Waals surface area (Å²) in [4.78, 5) is 0. The number of hydrogen-bond donors (Lipinski definition) is 1. The van der Waals surface area contributed by atoms with Crippen LogP contribution < -0.4 is 5.43 Å². The van der Waals surface area contributed by atoms with E-state index in [0.717, 1.165) is 0 Å². The van der Waals surface area contributed by atoms with Crippen LogP contribution in [-0.2, 0) is 0 Å². The molecule has 1 aliphatic rings. The molecule has 0 radical (unpaired) electrons. The SMILES string of the molecule is FC(F)(F)C1C=NNC1C(F)(F)F. The smallest absolute Gasteiger partial charge is 0.297 e. The summed E-state index contributed by atoms with van der Waals surface area (Å²) in [6, 6.07) is -2.66. The zero-order valence-electron chi connectivity index (χ0n) is 5.95. The Morgan fingerprint density at radius 3 is 1.85 bits per heavy atom. The van der Waals surface area contributed by atoms with Gasteiger partial charge >= 0.3 is 12.4 Å². The van der Waals surface area contributed by atoms with Gasteiger partial charge in [-0.2, -0.15) is 31.4 Å². The highest BCUT2D eigenvalue weighted by Gasteiger charge is 2.56. The van der Waals surface area contributed by atoms with Gasteiger partial charge < -0.3 is 0 Å². The fraction of sp³-hybridized carbons (Fsp3) is 0.800. The van der Waals surface area contributed by atoms with E-state index in [2.05, 4.69) is 5.10 Å². The van der Waals surface area contributed by atoms with Crippen LogP contribution in [0.25, 0.3) is 0 Å². The fourth-order valence-electron chi connectivity index (χ4n) is 0.920. The summed E-state index contributed by atoms with van der Waals surface area (Å²) in [6.45, 7) is 0. The Hall–Kier alpha value is -0.950. The van der Waals surface area contributed by atoms with Gasteiger partial charge in [0.25, 0.3) is 0 Å². The van der Waals surface area contributed by atoms with Gasteiger partial charge in [-0.05, 0) is 0 Å². The molecule has 8 heteroatoms. The lowest BCUT2D eigenvalue weighted by Gasteiger charge is -2.22. The number of rotatable bonds is 0. The van der Waals surface area contributed by atoms with E-state index < -0.39 is 24.3 Å². The lowest BCUT2D eigenvalue weighted by atomic mass is 10.0. The Kier molecular flexibility index (Phi) is 2.16. The van der Waals surface area contributed by atoms with Crippen LogP contribution in [0.3, 0.4) is 0 Å². The van der Waals surface area contributed by atoms with E-state index in [4.69, 9.17) is 0 Å². The molecule has 0 aromatic heterocycles. The van der Waals surface area contributed by atoms with Crippen molar-refractivity contribution in [1.82, 2.24) is 5.43 Å². The van der Waals surface area contributed by atoms with Crippen molar-refractivity contribution < 1.29 is 26.3 Å². The van der Waals surface area contributed by atoms with E-state index in [9.17, 15) is 26.3 Å². The maximum atomic E-state index is 11.9. The Balaban J connectivity index is 2.81. The van der Waals surface area contributed by atoms with E-state index in [1.165, 1.54) is 5.43 Å². The van der Waals surface area contributed by atoms with Gasteiger partial charge in [-0.25, -0.2) is 0 Å². The molecule has 0 aliphatic carbocycles. The first-order valence-electron chi connectivity index (χ1n) is 3.15.